The van der Waals surface area contributed by atoms with E-state index in [4.69, 9.17) is 11.6 Å². The summed E-state index contributed by atoms with van der Waals surface area (Å²) in [5.74, 6) is 1.31. The Hall–Kier alpha value is -0.540. The van der Waals surface area contributed by atoms with Crippen LogP contribution in [0, 0.1) is 12.8 Å². The zero-order chi connectivity index (χ0) is 11.5. The fourth-order valence-corrected chi connectivity index (χ4v) is 3.17. The molecule has 0 aromatic carbocycles. The van der Waals surface area contributed by atoms with Crippen molar-refractivity contribution in [3.63, 3.8) is 0 Å². The van der Waals surface area contributed by atoms with Crippen molar-refractivity contribution in [3.8, 4) is 0 Å². The van der Waals surface area contributed by atoms with E-state index in [1.165, 1.54) is 4.88 Å². The minimum absolute atomic E-state index is 0.174. The predicted molar refractivity (Wildman–Crippen MR) is 68.4 cm³/mol. The Morgan fingerprint density at radius 2 is 2.44 bits per heavy atom. The van der Waals surface area contributed by atoms with Gasteiger partial charge in [-0.25, -0.2) is 0 Å². The van der Waals surface area contributed by atoms with Crippen LogP contribution in [-0.2, 0) is 0 Å². The molecule has 2 heterocycles. The molecule has 1 aliphatic heterocycles. The molecular weight excluding hydrogens is 242 g/mol. The van der Waals surface area contributed by atoms with Crippen molar-refractivity contribution < 1.29 is 4.79 Å². The molecule has 4 heteroatoms. The molecule has 1 aromatic heterocycles. The van der Waals surface area contributed by atoms with Crippen molar-refractivity contribution >= 4 is 28.8 Å². The van der Waals surface area contributed by atoms with Gasteiger partial charge in [0.1, 0.15) is 0 Å². The molecule has 1 atom stereocenters. The first kappa shape index (κ1) is 11.9. The minimum Gasteiger partial charge on any atom is -0.338 e. The van der Waals surface area contributed by atoms with Crippen molar-refractivity contribution in [2.45, 2.75) is 19.8 Å². The van der Waals surface area contributed by atoms with Gasteiger partial charge in [0.25, 0.3) is 5.91 Å². The number of halogens is 1. The van der Waals surface area contributed by atoms with Crippen LogP contribution in [0.2, 0.25) is 0 Å². The van der Waals surface area contributed by atoms with Crippen LogP contribution in [0.1, 0.15) is 27.4 Å². The van der Waals surface area contributed by atoms with Gasteiger partial charge in [-0.15, -0.1) is 22.9 Å². The molecule has 0 N–H and O–H groups in total. The van der Waals surface area contributed by atoms with Gasteiger partial charge in [0.05, 0.1) is 4.88 Å². The number of piperidine rings is 1. The summed E-state index contributed by atoms with van der Waals surface area (Å²) in [6.45, 7) is 3.72. The van der Waals surface area contributed by atoms with Crippen molar-refractivity contribution in [3.05, 3.63) is 21.9 Å². The van der Waals surface area contributed by atoms with Crippen LogP contribution >= 0.6 is 22.9 Å². The number of rotatable bonds is 2. The molecule has 0 bridgehead atoms. The monoisotopic (exact) mass is 257 g/mol. The molecule has 88 valence electrons. The summed E-state index contributed by atoms with van der Waals surface area (Å²) in [6.07, 6.45) is 2.23. The number of nitrogens with zero attached hydrogens (tertiary/aromatic N) is 1. The summed E-state index contributed by atoms with van der Waals surface area (Å²) in [7, 11) is 0. The molecule has 0 radical (unpaired) electrons. The van der Waals surface area contributed by atoms with Crippen molar-refractivity contribution in [2.75, 3.05) is 19.0 Å². The molecule has 0 aliphatic carbocycles. The lowest BCUT2D eigenvalue weighted by Crippen LogP contribution is -2.40. The normalized spacial score (nSPS) is 21.1. The first-order chi connectivity index (χ1) is 7.70. The molecule has 1 aromatic rings. The van der Waals surface area contributed by atoms with E-state index in [2.05, 4.69) is 0 Å². The Labute approximate surface area is 105 Å². The summed E-state index contributed by atoms with van der Waals surface area (Å²) in [6, 6.07) is 3.92. The van der Waals surface area contributed by atoms with Gasteiger partial charge >= 0.3 is 0 Å². The number of aryl methyl sites for hydroxylation is 1. The molecule has 0 spiro atoms. The predicted octanol–water partition coefficient (Wildman–Crippen LogP) is 3.15. The van der Waals surface area contributed by atoms with Gasteiger partial charge in [-0.3, -0.25) is 4.79 Å². The van der Waals surface area contributed by atoms with E-state index in [-0.39, 0.29) is 5.91 Å². The Bertz CT molecular complexity index is 377. The maximum atomic E-state index is 12.2. The number of alkyl halides is 1. The highest BCUT2D eigenvalue weighted by atomic mass is 35.5. The molecule has 1 aliphatic rings. The maximum Gasteiger partial charge on any atom is 0.263 e. The number of carbonyl (C=O) groups is 1. The lowest BCUT2D eigenvalue weighted by molar-refractivity contribution is 0.0690. The first-order valence-corrected chi connectivity index (χ1v) is 6.97. The highest BCUT2D eigenvalue weighted by Gasteiger charge is 2.24. The molecule has 1 saturated heterocycles. The second-order valence-corrected chi connectivity index (χ2v) is 5.92. The number of hydrogen-bond donors (Lipinski definition) is 0. The minimum atomic E-state index is 0.174. The van der Waals surface area contributed by atoms with Crippen LogP contribution in [0.4, 0.5) is 0 Å². The second-order valence-electron chi connectivity index (χ2n) is 4.32. The average Bonchev–Trinajstić information content (AvgIpc) is 2.75. The van der Waals surface area contributed by atoms with Crippen LogP contribution in [0.25, 0.3) is 0 Å². The lowest BCUT2D eigenvalue weighted by atomic mass is 10.00. The number of amides is 1. The van der Waals surface area contributed by atoms with Crippen molar-refractivity contribution in [1.29, 1.82) is 0 Å². The van der Waals surface area contributed by atoms with E-state index in [0.29, 0.717) is 11.8 Å². The Kier molecular flexibility index (Phi) is 3.87. The highest BCUT2D eigenvalue weighted by Crippen LogP contribution is 2.22. The van der Waals surface area contributed by atoms with E-state index in [9.17, 15) is 4.79 Å². The second kappa shape index (κ2) is 5.19. The zero-order valence-electron chi connectivity index (χ0n) is 9.41. The van der Waals surface area contributed by atoms with E-state index in [0.717, 1.165) is 30.8 Å². The lowest BCUT2D eigenvalue weighted by Gasteiger charge is -2.31. The SMILES string of the molecule is Cc1ccc(C(=O)N2CCCC(CCl)C2)s1. The van der Waals surface area contributed by atoms with Gasteiger partial charge < -0.3 is 4.90 Å². The van der Waals surface area contributed by atoms with Gasteiger partial charge in [0.15, 0.2) is 0 Å². The number of hydrogen-bond acceptors (Lipinski definition) is 2. The third kappa shape index (κ3) is 2.58. The van der Waals surface area contributed by atoms with Crippen LogP contribution < -0.4 is 0 Å². The van der Waals surface area contributed by atoms with Crippen LogP contribution in [0.5, 0.6) is 0 Å². The number of likely N-dealkylation sites (tertiary alicyclic amines) is 1. The van der Waals surface area contributed by atoms with Gasteiger partial charge in [0.2, 0.25) is 0 Å². The largest absolute Gasteiger partial charge is 0.338 e. The molecule has 1 fully saturated rings. The third-order valence-electron chi connectivity index (χ3n) is 2.98. The van der Waals surface area contributed by atoms with Gasteiger partial charge in [0, 0.05) is 23.8 Å². The maximum absolute atomic E-state index is 12.2. The Morgan fingerprint density at radius 1 is 1.62 bits per heavy atom. The Balaban J connectivity index is 2.04. The van der Waals surface area contributed by atoms with Crippen LogP contribution in [-0.4, -0.2) is 29.8 Å². The molecule has 16 heavy (non-hydrogen) atoms. The fourth-order valence-electron chi connectivity index (χ4n) is 2.08. The van der Waals surface area contributed by atoms with Gasteiger partial charge in [-0.05, 0) is 37.8 Å². The van der Waals surface area contributed by atoms with Crippen LogP contribution in [0.3, 0.4) is 0 Å². The quantitative estimate of drug-likeness (QED) is 0.746. The number of carbonyl (C=O) groups excluding carboxylic acids is 1. The van der Waals surface area contributed by atoms with Gasteiger partial charge in [-0.1, -0.05) is 0 Å². The van der Waals surface area contributed by atoms with Crippen molar-refractivity contribution in [2.24, 2.45) is 5.92 Å². The molecule has 1 amide bonds. The first-order valence-electron chi connectivity index (χ1n) is 5.62. The van der Waals surface area contributed by atoms with E-state index in [1.54, 1.807) is 11.3 Å². The van der Waals surface area contributed by atoms with E-state index < -0.39 is 0 Å². The Morgan fingerprint density at radius 3 is 3.06 bits per heavy atom. The van der Waals surface area contributed by atoms with E-state index in [1.807, 2.05) is 24.0 Å². The molecule has 2 nitrogen and oxygen atoms in total. The molecule has 1 unspecified atom stereocenters. The standard InChI is InChI=1S/C12H16ClNOS/c1-9-4-5-11(16-9)12(15)14-6-2-3-10(7-13)8-14/h4-5,10H,2-3,6-8H2,1H3. The molecular formula is C12H16ClNOS. The summed E-state index contributed by atoms with van der Waals surface area (Å²) in [5, 5.41) is 0. The fraction of sp³-hybridized carbons (Fsp3) is 0.583. The highest BCUT2D eigenvalue weighted by molar-refractivity contribution is 7.13. The number of thiophene rings is 1. The summed E-state index contributed by atoms with van der Waals surface area (Å²) in [4.78, 5) is 16.2. The van der Waals surface area contributed by atoms with Gasteiger partial charge in [-0.2, -0.15) is 0 Å². The summed E-state index contributed by atoms with van der Waals surface area (Å²) >= 11 is 7.44. The van der Waals surface area contributed by atoms with E-state index >= 15 is 0 Å². The zero-order valence-corrected chi connectivity index (χ0v) is 11.0. The topological polar surface area (TPSA) is 20.3 Å². The molecule has 0 saturated carbocycles. The average molecular weight is 258 g/mol. The third-order valence-corrected chi connectivity index (χ3v) is 4.40. The van der Waals surface area contributed by atoms with Crippen molar-refractivity contribution in [1.82, 2.24) is 4.90 Å². The summed E-state index contributed by atoms with van der Waals surface area (Å²) in [5.41, 5.74) is 0. The smallest absolute Gasteiger partial charge is 0.263 e. The summed E-state index contributed by atoms with van der Waals surface area (Å²) < 4.78 is 0. The van der Waals surface area contributed by atoms with Crippen LogP contribution in [0.15, 0.2) is 12.1 Å². The molecule has 2 rings (SSSR count).